The van der Waals surface area contributed by atoms with E-state index in [1.807, 2.05) is 43.3 Å². The van der Waals surface area contributed by atoms with E-state index >= 15 is 0 Å². The lowest BCUT2D eigenvalue weighted by Crippen LogP contribution is -2.42. The topological polar surface area (TPSA) is 74.6 Å². The summed E-state index contributed by atoms with van der Waals surface area (Å²) in [6, 6.07) is 21.5. The molecule has 3 heterocycles. The molecule has 0 N–H and O–H groups in total. The summed E-state index contributed by atoms with van der Waals surface area (Å²) in [4.78, 5) is 38.0. The standard InChI is InChI=1S/C33H37FN6O2/c1-4-40-31(22-29(36-40)25-11-6-5-7-12-25)33(42)38-20-19-37(24(2)3)17-10-18-39(32(41)28-13-8-9-16-35-28)30-21-27(34)15-14-26(30)23-38/h5-9,11-16,21-22,24H,4,10,17-20,23H2,1-3H3. The Kier molecular flexibility index (Phi) is 9.07. The number of aryl methyl sites for hydroxylation is 1. The van der Waals surface area contributed by atoms with Crippen molar-refractivity contribution in [3.8, 4) is 11.3 Å². The molecule has 42 heavy (non-hydrogen) atoms. The van der Waals surface area contributed by atoms with Crippen LogP contribution in [0.5, 0.6) is 0 Å². The second kappa shape index (κ2) is 13.1. The third-order valence-electron chi connectivity index (χ3n) is 7.70. The number of pyridine rings is 1. The Labute approximate surface area is 246 Å². The van der Waals surface area contributed by atoms with E-state index in [1.54, 1.807) is 44.9 Å². The summed E-state index contributed by atoms with van der Waals surface area (Å²) in [5.74, 6) is -0.903. The molecule has 2 amide bonds. The molecule has 0 radical (unpaired) electrons. The van der Waals surface area contributed by atoms with Crippen molar-refractivity contribution >= 4 is 17.5 Å². The van der Waals surface area contributed by atoms with Gasteiger partial charge in [-0.15, -0.1) is 0 Å². The smallest absolute Gasteiger partial charge is 0.276 e. The monoisotopic (exact) mass is 568 g/mol. The number of rotatable bonds is 5. The maximum absolute atomic E-state index is 14.7. The van der Waals surface area contributed by atoms with Gasteiger partial charge in [0.05, 0.1) is 11.4 Å². The van der Waals surface area contributed by atoms with Crippen molar-refractivity contribution in [2.45, 2.75) is 46.3 Å². The third-order valence-corrected chi connectivity index (χ3v) is 7.70. The van der Waals surface area contributed by atoms with Crippen molar-refractivity contribution in [2.75, 3.05) is 31.1 Å². The minimum atomic E-state index is -0.444. The van der Waals surface area contributed by atoms with Crippen molar-refractivity contribution in [3.63, 3.8) is 0 Å². The molecular formula is C33H37FN6O2. The Morgan fingerprint density at radius 2 is 1.69 bits per heavy atom. The minimum absolute atomic E-state index is 0.160. The first-order chi connectivity index (χ1) is 20.4. The van der Waals surface area contributed by atoms with E-state index in [9.17, 15) is 14.0 Å². The highest BCUT2D eigenvalue weighted by atomic mass is 19.1. The summed E-state index contributed by atoms with van der Waals surface area (Å²) in [5, 5.41) is 4.72. The van der Waals surface area contributed by atoms with Gasteiger partial charge in [0.15, 0.2) is 0 Å². The Bertz CT molecular complexity index is 1520. The van der Waals surface area contributed by atoms with Gasteiger partial charge in [0.25, 0.3) is 11.8 Å². The fourth-order valence-corrected chi connectivity index (χ4v) is 5.39. The van der Waals surface area contributed by atoms with Gasteiger partial charge in [-0.2, -0.15) is 5.10 Å². The molecule has 218 valence electrons. The zero-order chi connectivity index (χ0) is 29.6. The van der Waals surface area contributed by atoms with E-state index in [0.29, 0.717) is 49.5 Å². The number of carbonyl (C=O) groups is 2. The molecule has 1 aliphatic rings. The molecule has 0 fully saturated rings. The quantitative estimate of drug-likeness (QED) is 0.318. The average molecular weight is 569 g/mol. The predicted molar refractivity (Wildman–Crippen MR) is 162 cm³/mol. The van der Waals surface area contributed by atoms with Crippen molar-refractivity contribution in [1.29, 1.82) is 0 Å². The van der Waals surface area contributed by atoms with Gasteiger partial charge in [-0.25, -0.2) is 4.39 Å². The Hall–Kier alpha value is -4.37. The molecular weight excluding hydrogens is 531 g/mol. The molecule has 9 heteroatoms. The highest BCUT2D eigenvalue weighted by Crippen LogP contribution is 2.28. The number of benzene rings is 2. The number of anilines is 1. The number of hydrogen-bond acceptors (Lipinski definition) is 5. The summed E-state index contributed by atoms with van der Waals surface area (Å²) < 4.78 is 16.5. The molecule has 0 bridgehead atoms. The fraction of sp³-hybridized carbons (Fsp3) is 0.333. The maximum atomic E-state index is 14.7. The Balaban J connectivity index is 1.56. The molecule has 4 aromatic rings. The third kappa shape index (κ3) is 6.41. The van der Waals surface area contributed by atoms with Crippen molar-refractivity contribution in [3.05, 3.63) is 102 Å². The Morgan fingerprint density at radius 3 is 2.40 bits per heavy atom. The van der Waals surface area contributed by atoms with Crippen LogP contribution in [0.2, 0.25) is 0 Å². The van der Waals surface area contributed by atoms with E-state index in [2.05, 4.69) is 23.7 Å². The molecule has 0 unspecified atom stereocenters. The molecule has 2 aromatic carbocycles. The highest BCUT2D eigenvalue weighted by Gasteiger charge is 2.28. The summed E-state index contributed by atoms with van der Waals surface area (Å²) >= 11 is 0. The van der Waals surface area contributed by atoms with E-state index in [4.69, 9.17) is 5.10 Å². The van der Waals surface area contributed by atoms with Gasteiger partial charge in [0.1, 0.15) is 17.2 Å². The molecule has 2 aromatic heterocycles. The summed E-state index contributed by atoms with van der Waals surface area (Å²) in [7, 11) is 0. The first-order valence-electron chi connectivity index (χ1n) is 14.5. The van der Waals surface area contributed by atoms with Crippen LogP contribution >= 0.6 is 0 Å². The first-order valence-corrected chi connectivity index (χ1v) is 14.5. The van der Waals surface area contributed by atoms with Gasteiger partial charge >= 0.3 is 0 Å². The van der Waals surface area contributed by atoms with Gasteiger partial charge in [-0.05, 0) is 63.1 Å². The fourth-order valence-electron chi connectivity index (χ4n) is 5.39. The Morgan fingerprint density at radius 1 is 0.905 bits per heavy atom. The zero-order valence-corrected chi connectivity index (χ0v) is 24.4. The highest BCUT2D eigenvalue weighted by molar-refractivity contribution is 6.05. The average Bonchev–Trinajstić information content (AvgIpc) is 3.44. The molecule has 0 atom stereocenters. The number of fused-ring (bicyclic) bond motifs is 1. The van der Waals surface area contributed by atoms with Crippen LogP contribution in [0.15, 0.2) is 79.0 Å². The SMILES string of the molecule is CCn1nc(-c2ccccc2)cc1C(=O)N1CCN(C(C)C)CCCN(C(=O)c2ccccn2)c2cc(F)ccc2C1. The molecule has 0 saturated carbocycles. The van der Waals surface area contributed by atoms with Crippen LogP contribution in [0, 0.1) is 5.82 Å². The van der Waals surface area contributed by atoms with Gasteiger partial charge < -0.3 is 9.80 Å². The van der Waals surface area contributed by atoms with Gasteiger partial charge in [-0.3, -0.25) is 24.2 Å². The van der Waals surface area contributed by atoms with Crippen LogP contribution in [-0.2, 0) is 13.1 Å². The van der Waals surface area contributed by atoms with Gasteiger partial charge in [0, 0.05) is 57.1 Å². The molecule has 0 aliphatic carbocycles. The van der Waals surface area contributed by atoms with Crippen molar-refractivity contribution in [1.82, 2.24) is 24.6 Å². The van der Waals surface area contributed by atoms with Crippen LogP contribution in [0.1, 0.15) is 53.7 Å². The van der Waals surface area contributed by atoms with Crippen molar-refractivity contribution in [2.24, 2.45) is 0 Å². The van der Waals surface area contributed by atoms with E-state index in [0.717, 1.165) is 17.8 Å². The molecule has 1 aliphatic heterocycles. The van der Waals surface area contributed by atoms with E-state index in [1.165, 1.54) is 12.1 Å². The maximum Gasteiger partial charge on any atom is 0.276 e. The lowest BCUT2D eigenvalue weighted by atomic mass is 10.1. The van der Waals surface area contributed by atoms with Crippen LogP contribution in [-0.4, -0.2) is 68.6 Å². The molecule has 5 rings (SSSR count). The number of nitrogens with zero attached hydrogens (tertiary/aromatic N) is 6. The predicted octanol–water partition coefficient (Wildman–Crippen LogP) is 5.51. The lowest BCUT2D eigenvalue weighted by molar-refractivity contribution is 0.0699. The van der Waals surface area contributed by atoms with Crippen molar-refractivity contribution < 1.29 is 14.0 Å². The number of carbonyl (C=O) groups excluding carboxylic acids is 2. The zero-order valence-electron chi connectivity index (χ0n) is 24.4. The largest absolute Gasteiger partial charge is 0.332 e. The van der Waals surface area contributed by atoms with Gasteiger partial charge in [-0.1, -0.05) is 42.5 Å². The van der Waals surface area contributed by atoms with Crippen LogP contribution in [0.25, 0.3) is 11.3 Å². The summed E-state index contributed by atoms with van der Waals surface area (Å²) in [6.45, 7) is 9.22. The van der Waals surface area contributed by atoms with E-state index in [-0.39, 0.29) is 30.1 Å². The second-order valence-electron chi connectivity index (χ2n) is 10.8. The number of aromatic nitrogens is 3. The first kappa shape index (κ1) is 29.1. The number of halogens is 1. The normalized spacial score (nSPS) is 14.9. The van der Waals surface area contributed by atoms with Crippen LogP contribution in [0.3, 0.4) is 0 Å². The summed E-state index contributed by atoms with van der Waals surface area (Å²) in [5.41, 5.74) is 3.60. The van der Waals surface area contributed by atoms with Gasteiger partial charge in [0.2, 0.25) is 0 Å². The lowest BCUT2D eigenvalue weighted by Gasteiger charge is -2.30. The van der Waals surface area contributed by atoms with Crippen LogP contribution < -0.4 is 4.90 Å². The number of hydrogen-bond donors (Lipinski definition) is 0. The molecule has 8 nitrogen and oxygen atoms in total. The number of amides is 2. The van der Waals surface area contributed by atoms with Crippen LogP contribution in [0.4, 0.5) is 10.1 Å². The molecule has 0 saturated heterocycles. The van der Waals surface area contributed by atoms with E-state index < -0.39 is 5.82 Å². The second-order valence-corrected chi connectivity index (χ2v) is 10.8. The minimum Gasteiger partial charge on any atom is -0.332 e. The summed E-state index contributed by atoms with van der Waals surface area (Å²) in [6.07, 6.45) is 2.26. The molecule has 0 spiro atoms.